The zero-order chi connectivity index (χ0) is 15.2. The lowest BCUT2D eigenvalue weighted by molar-refractivity contribution is -0.116. The average molecular weight is 303 g/mol. The van der Waals surface area contributed by atoms with Gasteiger partial charge in [0.1, 0.15) is 0 Å². The summed E-state index contributed by atoms with van der Waals surface area (Å²) in [6.45, 7) is 7.79. The van der Waals surface area contributed by atoms with Gasteiger partial charge in [0.25, 0.3) is 0 Å². The normalized spacial score (nSPS) is 10.6. The van der Waals surface area contributed by atoms with Crippen LogP contribution >= 0.6 is 11.3 Å². The minimum Gasteiger partial charge on any atom is -0.307 e. The molecule has 0 spiro atoms. The van der Waals surface area contributed by atoms with Crippen LogP contribution in [0.2, 0.25) is 0 Å². The standard InChI is InChI=1S/C16H21N3OS/c1-4-19(13(3)20)16-18-15(11-21-16)10-17-9-14-7-5-12(2)6-8-14/h5-8,11,17H,4,9-10H2,1-3H3. The van der Waals surface area contributed by atoms with Crippen LogP contribution in [-0.2, 0) is 17.9 Å². The number of benzene rings is 1. The Morgan fingerprint density at radius 1 is 1.29 bits per heavy atom. The van der Waals surface area contributed by atoms with Crippen LogP contribution in [0.5, 0.6) is 0 Å². The number of rotatable bonds is 6. The maximum Gasteiger partial charge on any atom is 0.225 e. The summed E-state index contributed by atoms with van der Waals surface area (Å²) in [4.78, 5) is 17.7. The third-order valence-corrected chi connectivity index (χ3v) is 4.14. The van der Waals surface area contributed by atoms with Crippen molar-refractivity contribution in [1.82, 2.24) is 10.3 Å². The second kappa shape index (κ2) is 7.33. The first kappa shape index (κ1) is 15.7. The molecule has 2 aromatic rings. The van der Waals surface area contributed by atoms with E-state index in [1.165, 1.54) is 22.5 Å². The third kappa shape index (κ3) is 4.37. The van der Waals surface area contributed by atoms with E-state index in [1.807, 2.05) is 12.3 Å². The lowest BCUT2D eigenvalue weighted by Gasteiger charge is -2.14. The van der Waals surface area contributed by atoms with Crippen LogP contribution in [-0.4, -0.2) is 17.4 Å². The molecule has 1 amide bonds. The number of nitrogens with one attached hydrogen (secondary N) is 1. The molecule has 0 aliphatic rings. The van der Waals surface area contributed by atoms with Gasteiger partial charge in [-0.2, -0.15) is 0 Å². The van der Waals surface area contributed by atoms with Gasteiger partial charge in [0.05, 0.1) is 5.69 Å². The quantitative estimate of drug-likeness (QED) is 0.892. The summed E-state index contributed by atoms with van der Waals surface area (Å²) in [5.74, 6) is 0.0333. The number of aryl methyl sites for hydroxylation is 1. The molecule has 4 nitrogen and oxygen atoms in total. The summed E-state index contributed by atoms with van der Waals surface area (Å²) < 4.78 is 0. The van der Waals surface area contributed by atoms with Gasteiger partial charge >= 0.3 is 0 Å². The Morgan fingerprint density at radius 2 is 2.00 bits per heavy atom. The van der Waals surface area contributed by atoms with Crippen LogP contribution in [0.3, 0.4) is 0 Å². The maximum atomic E-state index is 11.5. The Hall–Kier alpha value is -1.72. The van der Waals surface area contributed by atoms with Crippen molar-refractivity contribution >= 4 is 22.4 Å². The van der Waals surface area contributed by atoms with Crippen molar-refractivity contribution in [2.24, 2.45) is 0 Å². The first-order valence-corrected chi connectivity index (χ1v) is 7.97. The van der Waals surface area contributed by atoms with Crippen molar-refractivity contribution in [2.45, 2.75) is 33.9 Å². The van der Waals surface area contributed by atoms with Crippen LogP contribution in [0.1, 0.15) is 30.7 Å². The smallest absolute Gasteiger partial charge is 0.225 e. The highest BCUT2D eigenvalue weighted by molar-refractivity contribution is 7.14. The molecular weight excluding hydrogens is 282 g/mol. The second-order valence-corrected chi connectivity index (χ2v) is 5.81. The molecule has 0 aliphatic heterocycles. The second-order valence-electron chi connectivity index (χ2n) is 4.97. The monoisotopic (exact) mass is 303 g/mol. The van der Waals surface area contributed by atoms with Gasteiger partial charge in [0.2, 0.25) is 5.91 Å². The molecule has 5 heteroatoms. The number of thiazole rings is 1. The Kier molecular flexibility index (Phi) is 5.47. The third-order valence-electron chi connectivity index (χ3n) is 3.22. The van der Waals surface area contributed by atoms with Crippen molar-refractivity contribution in [3.63, 3.8) is 0 Å². The molecule has 21 heavy (non-hydrogen) atoms. The fourth-order valence-corrected chi connectivity index (χ4v) is 2.97. The van der Waals surface area contributed by atoms with Gasteiger partial charge in [-0.1, -0.05) is 29.8 Å². The number of carbonyl (C=O) groups excluding carboxylic acids is 1. The van der Waals surface area contributed by atoms with E-state index in [1.54, 1.807) is 11.8 Å². The van der Waals surface area contributed by atoms with E-state index < -0.39 is 0 Å². The van der Waals surface area contributed by atoms with E-state index in [9.17, 15) is 4.79 Å². The van der Waals surface area contributed by atoms with Crippen LogP contribution in [0.15, 0.2) is 29.6 Å². The lowest BCUT2D eigenvalue weighted by Crippen LogP contribution is -2.27. The lowest BCUT2D eigenvalue weighted by atomic mass is 10.1. The Bertz CT molecular complexity index is 592. The number of hydrogen-bond donors (Lipinski definition) is 1. The molecule has 0 aliphatic carbocycles. The molecule has 1 aromatic heterocycles. The summed E-state index contributed by atoms with van der Waals surface area (Å²) in [6, 6.07) is 8.49. The molecule has 112 valence electrons. The van der Waals surface area contributed by atoms with Crippen molar-refractivity contribution in [1.29, 1.82) is 0 Å². The molecule has 0 saturated heterocycles. The number of anilines is 1. The zero-order valence-corrected chi connectivity index (χ0v) is 13.5. The Balaban J connectivity index is 1.88. The summed E-state index contributed by atoms with van der Waals surface area (Å²) in [7, 11) is 0. The number of carbonyl (C=O) groups is 1. The summed E-state index contributed by atoms with van der Waals surface area (Å²) in [6.07, 6.45) is 0. The van der Waals surface area contributed by atoms with Crippen LogP contribution in [0, 0.1) is 6.92 Å². The highest BCUT2D eigenvalue weighted by Gasteiger charge is 2.12. The van der Waals surface area contributed by atoms with E-state index >= 15 is 0 Å². The van der Waals surface area contributed by atoms with Gasteiger partial charge in [0.15, 0.2) is 5.13 Å². The molecule has 0 bridgehead atoms. The van der Waals surface area contributed by atoms with Gasteiger partial charge < -0.3 is 5.32 Å². The summed E-state index contributed by atoms with van der Waals surface area (Å²) >= 11 is 1.51. The molecule has 0 radical (unpaired) electrons. The van der Waals surface area contributed by atoms with Crippen molar-refractivity contribution in [2.75, 3.05) is 11.4 Å². The van der Waals surface area contributed by atoms with Gasteiger partial charge in [-0.15, -0.1) is 11.3 Å². The largest absolute Gasteiger partial charge is 0.307 e. The first-order chi connectivity index (χ1) is 10.1. The Labute approximate surface area is 129 Å². The fraction of sp³-hybridized carbons (Fsp3) is 0.375. The van der Waals surface area contributed by atoms with Crippen LogP contribution in [0.25, 0.3) is 0 Å². The minimum absolute atomic E-state index is 0.0333. The highest BCUT2D eigenvalue weighted by Crippen LogP contribution is 2.20. The molecule has 0 atom stereocenters. The molecule has 1 N–H and O–H groups in total. The number of aromatic nitrogens is 1. The topological polar surface area (TPSA) is 45.2 Å². The molecule has 0 unspecified atom stereocenters. The van der Waals surface area contributed by atoms with E-state index in [0.29, 0.717) is 13.1 Å². The molecule has 1 heterocycles. The van der Waals surface area contributed by atoms with Gasteiger partial charge in [-0.3, -0.25) is 9.69 Å². The predicted octanol–water partition coefficient (Wildman–Crippen LogP) is 3.11. The number of hydrogen-bond acceptors (Lipinski definition) is 4. The van der Waals surface area contributed by atoms with E-state index in [2.05, 4.69) is 41.5 Å². The first-order valence-electron chi connectivity index (χ1n) is 7.09. The Morgan fingerprint density at radius 3 is 2.62 bits per heavy atom. The van der Waals surface area contributed by atoms with Crippen LogP contribution < -0.4 is 10.2 Å². The molecule has 1 aromatic carbocycles. The summed E-state index contributed by atoms with van der Waals surface area (Å²) in [5.41, 5.74) is 3.50. The fourth-order valence-electron chi connectivity index (χ4n) is 2.03. The predicted molar refractivity (Wildman–Crippen MR) is 87.5 cm³/mol. The van der Waals surface area contributed by atoms with Crippen molar-refractivity contribution in [3.8, 4) is 0 Å². The van der Waals surface area contributed by atoms with Crippen LogP contribution in [0.4, 0.5) is 5.13 Å². The molecule has 0 saturated carbocycles. The zero-order valence-electron chi connectivity index (χ0n) is 12.7. The van der Waals surface area contributed by atoms with Gasteiger partial charge in [-0.05, 0) is 19.4 Å². The van der Waals surface area contributed by atoms with Gasteiger partial charge in [0, 0.05) is 31.9 Å². The maximum absolute atomic E-state index is 11.5. The molecular formula is C16H21N3OS. The summed E-state index contributed by atoms with van der Waals surface area (Å²) in [5, 5.41) is 6.16. The molecule has 0 fully saturated rings. The van der Waals surface area contributed by atoms with E-state index in [0.717, 1.165) is 17.4 Å². The van der Waals surface area contributed by atoms with E-state index in [4.69, 9.17) is 0 Å². The highest BCUT2D eigenvalue weighted by atomic mass is 32.1. The van der Waals surface area contributed by atoms with Crippen molar-refractivity contribution < 1.29 is 4.79 Å². The average Bonchev–Trinajstić information content (AvgIpc) is 2.90. The number of amides is 1. The molecule has 2 rings (SSSR count). The minimum atomic E-state index is 0.0333. The van der Waals surface area contributed by atoms with Gasteiger partial charge in [-0.25, -0.2) is 4.98 Å². The number of nitrogens with zero attached hydrogens (tertiary/aromatic N) is 2. The van der Waals surface area contributed by atoms with E-state index in [-0.39, 0.29) is 5.91 Å². The SMILES string of the molecule is CCN(C(C)=O)c1nc(CNCc2ccc(C)cc2)cs1. The van der Waals surface area contributed by atoms with Crippen molar-refractivity contribution in [3.05, 3.63) is 46.5 Å².